The molecule has 0 aliphatic carbocycles. The maximum atomic E-state index is 12.9. The van der Waals surface area contributed by atoms with Crippen LogP contribution in [0.5, 0.6) is 5.75 Å². The van der Waals surface area contributed by atoms with Gasteiger partial charge in [-0.1, -0.05) is 25.5 Å². The quantitative estimate of drug-likeness (QED) is 0.374. The number of aromatic nitrogens is 2. The zero-order chi connectivity index (χ0) is 23.3. The van der Waals surface area contributed by atoms with E-state index in [9.17, 15) is 13.2 Å². The van der Waals surface area contributed by atoms with Crippen LogP contribution in [0.2, 0.25) is 0 Å². The van der Waals surface area contributed by atoms with Gasteiger partial charge in [0.2, 0.25) is 9.84 Å². The highest BCUT2D eigenvalue weighted by molar-refractivity contribution is 7.91. The topological polar surface area (TPSA) is 89.8 Å². The van der Waals surface area contributed by atoms with Crippen molar-refractivity contribution in [1.82, 2.24) is 14.7 Å². The van der Waals surface area contributed by atoms with Gasteiger partial charge >= 0.3 is 0 Å². The molecule has 0 saturated heterocycles. The average molecular weight is 464 g/mol. The smallest absolute Gasteiger partial charge is 0.253 e. The molecule has 33 heavy (non-hydrogen) atoms. The number of hydrogen-bond donors (Lipinski definition) is 1. The molecule has 0 unspecified atom stereocenters. The molecule has 8 heteroatoms. The van der Waals surface area contributed by atoms with Crippen molar-refractivity contribution in [2.45, 2.75) is 36.1 Å². The Morgan fingerprint density at radius 1 is 1.00 bits per heavy atom. The first kappa shape index (κ1) is 22.5. The minimum absolute atomic E-state index is 0.197. The highest BCUT2D eigenvalue weighted by Gasteiger charge is 2.17. The molecule has 2 aromatic heterocycles. The van der Waals surface area contributed by atoms with Crippen LogP contribution in [0, 0.1) is 0 Å². The molecule has 4 aromatic rings. The van der Waals surface area contributed by atoms with E-state index in [-0.39, 0.29) is 22.2 Å². The molecule has 1 amide bonds. The highest BCUT2D eigenvalue weighted by atomic mass is 32.2. The summed E-state index contributed by atoms with van der Waals surface area (Å²) in [7, 11) is -3.64. The van der Waals surface area contributed by atoms with Crippen molar-refractivity contribution < 1.29 is 17.9 Å². The van der Waals surface area contributed by atoms with Crippen molar-refractivity contribution in [3.05, 3.63) is 90.4 Å². The fraction of sp³-hybridized carbons (Fsp3) is 0.200. The summed E-state index contributed by atoms with van der Waals surface area (Å²) in [6.07, 6.45) is 7.15. The Morgan fingerprint density at radius 2 is 1.70 bits per heavy atom. The van der Waals surface area contributed by atoms with Gasteiger partial charge in [0.25, 0.3) is 5.91 Å². The van der Waals surface area contributed by atoms with E-state index in [4.69, 9.17) is 4.74 Å². The lowest BCUT2D eigenvalue weighted by Gasteiger charge is -2.09. The molecule has 2 aromatic carbocycles. The molecule has 1 N–H and O–H groups in total. The molecule has 7 nitrogen and oxygen atoms in total. The summed E-state index contributed by atoms with van der Waals surface area (Å²) < 4.78 is 33.2. The number of nitrogens with zero attached hydrogens (tertiary/aromatic N) is 2. The number of ether oxygens (including phenoxy) is 1. The SMILES string of the molecule is CCCCOc1ccc(S(=O)(=O)c2ccc(CNC(=O)c3ccc4nccn4c3)cc2)cc1. The Morgan fingerprint density at radius 3 is 2.39 bits per heavy atom. The van der Waals surface area contributed by atoms with Crippen LogP contribution in [0.3, 0.4) is 0 Å². The first-order valence-corrected chi connectivity index (χ1v) is 12.2. The molecule has 0 bridgehead atoms. The van der Waals surface area contributed by atoms with E-state index in [1.165, 1.54) is 0 Å². The molecule has 0 atom stereocenters. The lowest BCUT2D eigenvalue weighted by atomic mass is 10.2. The Hall–Kier alpha value is -3.65. The van der Waals surface area contributed by atoms with Crippen molar-refractivity contribution in [2.75, 3.05) is 6.61 Å². The predicted octanol–water partition coefficient (Wildman–Crippen LogP) is 4.28. The number of rotatable bonds is 9. The van der Waals surface area contributed by atoms with Crippen LogP contribution in [-0.2, 0) is 16.4 Å². The monoisotopic (exact) mass is 463 g/mol. The van der Waals surface area contributed by atoms with E-state index in [2.05, 4.69) is 17.2 Å². The number of unbranched alkanes of at least 4 members (excludes halogenated alkanes) is 1. The number of imidazole rings is 1. The van der Waals surface area contributed by atoms with E-state index in [1.54, 1.807) is 83.7 Å². The van der Waals surface area contributed by atoms with E-state index < -0.39 is 9.84 Å². The fourth-order valence-corrected chi connectivity index (χ4v) is 4.57. The first-order chi connectivity index (χ1) is 16.0. The number of amides is 1. The maximum absolute atomic E-state index is 12.9. The highest BCUT2D eigenvalue weighted by Crippen LogP contribution is 2.23. The first-order valence-electron chi connectivity index (χ1n) is 10.7. The fourth-order valence-electron chi connectivity index (χ4n) is 3.31. The second-order valence-electron chi connectivity index (χ2n) is 7.61. The summed E-state index contributed by atoms with van der Waals surface area (Å²) in [4.78, 5) is 17.0. The Labute approximate surface area is 193 Å². The van der Waals surface area contributed by atoms with Gasteiger partial charge in [-0.25, -0.2) is 13.4 Å². The second kappa shape index (κ2) is 9.87. The normalized spacial score (nSPS) is 11.4. The van der Waals surface area contributed by atoms with Crippen molar-refractivity contribution in [3.8, 4) is 5.75 Å². The van der Waals surface area contributed by atoms with Gasteiger partial charge in [-0.3, -0.25) is 4.79 Å². The molecular formula is C25H25N3O4S. The van der Waals surface area contributed by atoms with Gasteiger partial charge in [0, 0.05) is 25.1 Å². The van der Waals surface area contributed by atoms with E-state index >= 15 is 0 Å². The largest absolute Gasteiger partial charge is 0.494 e. The third-order valence-corrected chi connectivity index (χ3v) is 7.02. The molecule has 170 valence electrons. The maximum Gasteiger partial charge on any atom is 0.253 e. The average Bonchev–Trinajstić information content (AvgIpc) is 3.31. The van der Waals surface area contributed by atoms with Crippen LogP contribution >= 0.6 is 0 Å². The van der Waals surface area contributed by atoms with Gasteiger partial charge in [0.05, 0.1) is 22.0 Å². The zero-order valence-corrected chi connectivity index (χ0v) is 19.1. The lowest BCUT2D eigenvalue weighted by Crippen LogP contribution is -2.23. The molecule has 2 heterocycles. The van der Waals surface area contributed by atoms with Crippen LogP contribution < -0.4 is 10.1 Å². The van der Waals surface area contributed by atoms with E-state index in [1.807, 2.05) is 0 Å². The molecular weight excluding hydrogens is 438 g/mol. The number of sulfone groups is 1. The summed E-state index contributed by atoms with van der Waals surface area (Å²) in [5.41, 5.74) is 2.08. The number of carbonyl (C=O) groups is 1. The van der Waals surface area contributed by atoms with E-state index in [0.29, 0.717) is 17.9 Å². The van der Waals surface area contributed by atoms with Gasteiger partial charge in [-0.05, 0) is 60.5 Å². The van der Waals surface area contributed by atoms with Crippen LogP contribution in [0.4, 0.5) is 0 Å². The van der Waals surface area contributed by atoms with E-state index in [0.717, 1.165) is 24.1 Å². The summed E-state index contributed by atoms with van der Waals surface area (Å²) in [5.74, 6) is 0.434. The lowest BCUT2D eigenvalue weighted by molar-refractivity contribution is 0.0950. The van der Waals surface area contributed by atoms with Gasteiger partial charge < -0.3 is 14.5 Å². The summed E-state index contributed by atoms with van der Waals surface area (Å²) in [6.45, 7) is 2.98. The van der Waals surface area contributed by atoms with Crippen molar-refractivity contribution in [2.24, 2.45) is 0 Å². The summed E-state index contributed by atoms with van der Waals surface area (Å²) in [6, 6.07) is 16.5. The number of benzene rings is 2. The van der Waals surface area contributed by atoms with Crippen molar-refractivity contribution in [1.29, 1.82) is 0 Å². The van der Waals surface area contributed by atoms with Crippen molar-refractivity contribution >= 4 is 21.4 Å². The molecule has 0 saturated carbocycles. The van der Waals surface area contributed by atoms with Crippen LogP contribution in [0.15, 0.2) is 89.0 Å². The summed E-state index contributed by atoms with van der Waals surface area (Å²) >= 11 is 0. The van der Waals surface area contributed by atoms with Gasteiger partial charge in [0.1, 0.15) is 11.4 Å². The predicted molar refractivity (Wildman–Crippen MR) is 125 cm³/mol. The molecule has 4 rings (SSSR count). The standard InChI is InChI=1S/C25H25N3O4S/c1-2-3-16-32-21-7-11-23(12-8-21)33(30,31)22-9-4-19(5-10-22)17-27-25(29)20-6-13-24-26-14-15-28(24)18-20/h4-15,18H,2-3,16-17H2,1H3,(H,27,29). The molecule has 0 aliphatic rings. The molecule has 0 spiro atoms. The van der Waals surface area contributed by atoms with Crippen molar-refractivity contribution in [3.63, 3.8) is 0 Å². The number of nitrogens with one attached hydrogen (secondary N) is 1. The number of fused-ring (bicyclic) bond motifs is 1. The summed E-state index contributed by atoms with van der Waals surface area (Å²) in [5, 5.41) is 2.85. The zero-order valence-electron chi connectivity index (χ0n) is 18.3. The van der Waals surface area contributed by atoms with Crippen LogP contribution in [0.1, 0.15) is 35.7 Å². The van der Waals surface area contributed by atoms with Gasteiger partial charge in [-0.2, -0.15) is 0 Å². The third kappa shape index (κ3) is 5.23. The number of hydrogen-bond acceptors (Lipinski definition) is 5. The number of pyridine rings is 1. The Balaban J connectivity index is 1.39. The van der Waals surface area contributed by atoms with Crippen LogP contribution in [0.25, 0.3) is 5.65 Å². The molecule has 0 fully saturated rings. The van der Waals surface area contributed by atoms with Gasteiger partial charge in [-0.15, -0.1) is 0 Å². The minimum atomic E-state index is -3.64. The molecule has 0 radical (unpaired) electrons. The Bertz CT molecular complexity index is 1340. The van der Waals surface area contributed by atoms with Crippen LogP contribution in [-0.4, -0.2) is 30.3 Å². The third-order valence-electron chi connectivity index (χ3n) is 5.24. The Kier molecular flexibility index (Phi) is 6.74. The minimum Gasteiger partial charge on any atom is -0.494 e. The molecule has 0 aliphatic heterocycles. The second-order valence-corrected chi connectivity index (χ2v) is 9.56. The van der Waals surface area contributed by atoms with Gasteiger partial charge in [0.15, 0.2) is 0 Å². The number of carbonyl (C=O) groups excluding carboxylic acids is 1.